The molecule has 22 heavy (non-hydrogen) atoms. The van der Waals surface area contributed by atoms with Crippen LogP contribution in [0.25, 0.3) is 0 Å². The van der Waals surface area contributed by atoms with Gasteiger partial charge < -0.3 is 14.2 Å². The minimum atomic E-state index is -0.0400. The molecule has 0 aromatic carbocycles. The predicted octanol–water partition coefficient (Wildman–Crippen LogP) is 1.36. The van der Waals surface area contributed by atoms with E-state index < -0.39 is 0 Å². The molecule has 0 radical (unpaired) electrons. The van der Waals surface area contributed by atoms with Gasteiger partial charge in [0, 0.05) is 50.1 Å². The molecule has 0 aliphatic carbocycles. The van der Waals surface area contributed by atoms with Gasteiger partial charge in [0.1, 0.15) is 0 Å². The summed E-state index contributed by atoms with van der Waals surface area (Å²) in [5, 5.41) is 0. The quantitative estimate of drug-likeness (QED) is 0.842. The lowest BCUT2D eigenvalue weighted by atomic mass is 10.1. The van der Waals surface area contributed by atoms with Crippen molar-refractivity contribution in [3.05, 3.63) is 24.0 Å². The van der Waals surface area contributed by atoms with Crippen LogP contribution in [0.15, 0.2) is 18.3 Å². The van der Waals surface area contributed by atoms with Gasteiger partial charge in [-0.2, -0.15) is 11.8 Å². The Labute approximate surface area is 136 Å². The van der Waals surface area contributed by atoms with Crippen molar-refractivity contribution in [1.29, 1.82) is 0 Å². The number of ether oxygens (including phenoxy) is 1. The standard InChI is InChI=1S/C16H25N3O2S/c1-13(18-7-10-22-11-8-18)16(20)19-6-9-21-12-15(19)14-4-3-5-17(14)2/h3-5,13,15H,6-12H2,1-2H3/t13-,15+/m0/s1. The van der Waals surface area contributed by atoms with E-state index >= 15 is 0 Å². The van der Waals surface area contributed by atoms with E-state index in [4.69, 9.17) is 4.74 Å². The van der Waals surface area contributed by atoms with Gasteiger partial charge in [-0.15, -0.1) is 0 Å². The summed E-state index contributed by atoms with van der Waals surface area (Å²) in [6.07, 6.45) is 2.03. The van der Waals surface area contributed by atoms with E-state index in [0.29, 0.717) is 19.8 Å². The van der Waals surface area contributed by atoms with Crippen molar-refractivity contribution in [2.45, 2.75) is 19.0 Å². The summed E-state index contributed by atoms with van der Waals surface area (Å²) in [4.78, 5) is 17.4. The maximum atomic E-state index is 13.0. The lowest BCUT2D eigenvalue weighted by Gasteiger charge is -2.40. The number of carbonyl (C=O) groups is 1. The first-order valence-electron chi connectivity index (χ1n) is 7.99. The molecule has 122 valence electrons. The van der Waals surface area contributed by atoms with Crippen LogP contribution in [-0.4, -0.2) is 70.7 Å². The molecule has 0 spiro atoms. The van der Waals surface area contributed by atoms with Crippen molar-refractivity contribution in [1.82, 2.24) is 14.4 Å². The molecule has 0 N–H and O–H groups in total. The Morgan fingerprint density at radius 3 is 2.82 bits per heavy atom. The highest BCUT2D eigenvalue weighted by Gasteiger charge is 2.34. The monoisotopic (exact) mass is 323 g/mol. The third kappa shape index (κ3) is 3.19. The SMILES string of the molecule is C[C@@H](C(=O)N1CCOC[C@@H]1c1cccn1C)N1CCSCC1. The molecule has 2 aliphatic rings. The van der Waals surface area contributed by atoms with Crippen molar-refractivity contribution < 1.29 is 9.53 Å². The third-order valence-corrected chi connectivity index (χ3v) is 5.63. The van der Waals surface area contributed by atoms with Crippen molar-refractivity contribution >= 4 is 17.7 Å². The maximum absolute atomic E-state index is 13.0. The fourth-order valence-electron chi connectivity index (χ4n) is 3.29. The van der Waals surface area contributed by atoms with Crippen LogP contribution in [0, 0.1) is 0 Å². The third-order valence-electron chi connectivity index (χ3n) is 4.69. The van der Waals surface area contributed by atoms with Crippen molar-refractivity contribution in [3.8, 4) is 0 Å². The number of hydrogen-bond acceptors (Lipinski definition) is 4. The summed E-state index contributed by atoms with van der Waals surface area (Å²) in [5.41, 5.74) is 1.15. The number of rotatable bonds is 3. The first kappa shape index (κ1) is 15.9. The fourth-order valence-corrected chi connectivity index (χ4v) is 4.23. The second-order valence-electron chi connectivity index (χ2n) is 5.99. The molecule has 5 nitrogen and oxygen atoms in total. The van der Waals surface area contributed by atoms with Gasteiger partial charge in [0.2, 0.25) is 5.91 Å². The van der Waals surface area contributed by atoms with Crippen LogP contribution >= 0.6 is 11.8 Å². The molecule has 0 unspecified atom stereocenters. The number of carbonyl (C=O) groups excluding carboxylic acids is 1. The molecule has 2 atom stereocenters. The second kappa shape index (κ2) is 7.06. The molecule has 2 aliphatic heterocycles. The van der Waals surface area contributed by atoms with Crippen LogP contribution in [0.2, 0.25) is 0 Å². The topological polar surface area (TPSA) is 37.7 Å². The number of nitrogens with zero attached hydrogens (tertiary/aromatic N) is 3. The first-order chi connectivity index (χ1) is 10.7. The summed E-state index contributed by atoms with van der Waals surface area (Å²) in [7, 11) is 2.03. The number of aryl methyl sites for hydroxylation is 1. The lowest BCUT2D eigenvalue weighted by Crippen LogP contribution is -2.53. The molecule has 2 saturated heterocycles. The Kier molecular flexibility index (Phi) is 5.10. The van der Waals surface area contributed by atoms with E-state index in [0.717, 1.165) is 30.3 Å². The average molecular weight is 323 g/mol. The van der Waals surface area contributed by atoms with Gasteiger partial charge in [0.15, 0.2) is 0 Å². The van der Waals surface area contributed by atoms with Gasteiger partial charge in [-0.3, -0.25) is 9.69 Å². The smallest absolute Gasteiger partial charge is 0.240 e. The maximum Gasteiger partial charge on any atom is 0.240 e. The molecule has 0 saturated carbocycles. The van der Waals surface area contributed by atoms with E-state index in [2.05, 4.69) is 22.5 Å². The molecule has 3 rings (SSSR count). The fraction of sp³-hybridized carbons (Fsp3) is 0.688. The normalized spacial score (nSPS) is 25.2. The minimum Gasteiger partial charge on any atom is -0.377 e. The zero-order valence-electron chi connectivity index (χ0n) is 13.4. The molecular formula is C16H25N3O2S. The van der Waals surface area contributed by atoms with Gasteiger partial charge in [0.05, 0.1) is 25.3 Å². The highest BCUT2D eigenvalue weighted by atomic mass is 32.2. The van der Waals surface area contributed by atoms with Gasteiger partial charge in [0.25, 0.3) is 0 Å². The predicted molar refractivity (Wildman–Crippen MR) is 89.0 cm³/mol. The minimum absolute atomic E-state index is 0.0304. The lowest BCUT2D eigenvalue weighted by molar-refractivity contribution is -0.145. The van der Waals surface area contributed by atoms with Crippen LogP contribution in [0.3, 0.4) is 0 Å². The molecule has 1 aromatic rings. The summed E-state index contributed by atoms with van der Waals surface area (Å²) in [6, 6.07) is 4.10. The highest BCUT2D eigenvalue weighted by molar-refractivity contribution is 7.99. The molecule has 6 heteroatoms. The summed E-state index contributed by atoms with van der Waals surface area (Å²) >= 11 is 1.97. The van der Waals surface area contributed by atoms with Crippen molar-refractivity contribution in [2.24, 2.45) is 7.05 Å². The Morgan fingerprint density at radius 2 is 2.14 bits per heavy atom. The van der Waals surface area contributed by atoms with E-state index in [1.165, 1.54) is 0 Å². The largest absolute Gasteiger partial charge is 0.377 e. The van der Waals surface area contributed by atoms with E-state index in [9.17, 15) is 4.79 Å². The Hall–Kier alpha value is -0.980. The number of aromatic nitrogens is 1. The van der Waals surface area contributed by atoms with Crippen LogP contribution in [0.4, 0.5) is 0 Å². The van der Waals surface area contributed by atoms with Crippen LogP contribution < -0.4 is 0 Å². The number of thioether (sulfide) groups is 1. The molecule has 3 heterocycles. The summed E-state index contributed by atoms with van der Waals surface area (Å²) < 4.78 is 7.73. The molecule has 2 fully saturated rings. The Balaban J connectivity index is 1.75. The van der Waals surface area contributed by atoms with Crippen LogP contribution in [0.1, 0.15) is 18.7 Å². The van der Waals surface area contributed by atoms with Crippen molar-refractivity contribution in [2.75, 3.05) is 44.4 Å². The van der Waals surface area contributed by atoms with Gasteiger partial charge in [-0.25, -0.2) is 0 Å². The number of morpholine rings is 1. The molecule has 1 amide bonds. The Morgan fingerprint density at radius 1 is 1.36 bits per heavy atom. The zero-order chi connectivity index (χ0) is 15.5. The number of amides is 1. The van der Waals surface area contributed by atoms with E-state index in [-0.39, 0.29) is 18.0 Å². The highest BCUT2D eigenvalue weighted by Crippen LogP contribution is 2.26. The van der Waals surface area contributed by atoms with E-state index in [1.54, 1.807) is 0 Å². The molecule has 0 bridgehead atoms. The zero-order valence-corrected chi connectivity index (χ0v) is 14.2. The Bertz CT molecular complexity index is 513. The van der Waals surface area contributed by atoms with Gasteiger partial charge in [-0.1, -0.05) is 0 Å². The first-order valence-corrected chi connectivity index (χ1v) is 9.15. The van der Waals surface area contributed by atoms with Crippen molar-refractivity contribution in [3.63, 3.8) is 0 Å². The molecular weight excluding hydrogens is 298 g/mol. The summed E-state index contributed by atoms with van der Waals surface area (Å²) in [5.74, 6) is 2.49. The van der Waals surface area contributed by atoms with Crippen LogP contribution in [-0.2, 0) is 16.6 Å². The van der Waals surface area contributed by atoms with Crippen LogP contribution in [0.5, 0.6) is 0 Å². The van der Waals surface area contributed by atoms with Gasteiger partial charge >= 0.3 is 0 Å². The van der Waals surface area contributed by atoms with Gasteiger partial charge in [-0.05, 0) is 19.1 Å². The molecule has 1 aromatic heterocycles. The average Bonchev–Trinajstić information content (AvgIpc) is 3.00. The van der Waals surface area contributed by atoms with E-state index in [1.807, 2.05) is 36.0 Å². The second-order valence-corrected chi connectivity index (χ2v) is 7.22. The number of hydrogen-bond donors (Lipinski definition) is 0. The summed E-state index contributed by atoms with van der Waals surface area (Å²) in [6.45, 7) is 5.98.